The second-order valence-electron chi connectivity index (χ2n) is 5.37. The van der Waals surface area contributed by atoms with Gasteiger partial charge in [-0.1, -0.05) is 6.92 Å². The minimum atomic E-state index is -3.69. The summed E-state index contributed by atoms with van der Waals surface area (Å²) in [5, 5.41) is 12.2. The third-order valence-electron chi connectivity index (χ3n) is 3.63. The molecule has 10 heteroatoms. The molecular weight excluding hydrogens is 368 g/mol. The molecule has 3 rings (SSSR count). The second-order valence-corrected chi connectivity index (χ2v) is 9.63. The van der Waals surface area contributed by atoms with Crippen LogP contribution in [0.25, 0.3) is 22.7 Å². The van der Waals surface area contributed by atoms with E-state index in [2.05, 4.69) is 4.98 Å². The molecule has 3 aromatic rings. The average Bonchev–Trinajstić information content (AvgIpc) is 2.96. The van der Waals surface area contributed by atoms with Gasteiger partial charge in [0.1, 0.15) is 10.4 Å². The second kappa shape index (κ2) is 5.81. The number of oxazole rings is 1. The maximum absolute atomic E-state index is 12.2. The number of benzene rings is 1. The van der Waals surface area contributed by atoms with Crippen LogP contribution < -0.4 is 4.73 Å². The summed E-state index contributed by atoms with van der Waals surface area (Å²) < 4.78 is 53.6. The maximum atomic E-state index is 12.2. The highest BCUT2D eigenvalue weighted by molar-refractivity contribution is 7.91. The third-order valence-corrected chi connectivity index (χ3v) is 6.50. The van der Waals surface area contributed by atoms with E-state index in [0.29, 0.717) is 4.73 Å². The molecule has 132 valence electrons. The molecule has 2 aromatic heterocycles. The molecule has 0 bridgehead atoms. The number of hydrogen-bond donors (Lipinski definition) is 0. The van der Waals surface area contributed by atoms with Crippen LogP contribution in [-0.2, 0) is 19.7 Å². The van der Waals surface area contributed by atoms with Gasteiger partial charge in [0, 0.05) is 12.3 Å². The zero-order chi connectivity index (χ0) is 18.4. The lowest BCUT2D eigenvalue weighted by atomic mass is 10.3. The quantitative estimate of drug-likeness (QED) is 0.493. The van der Waals surface area contributed by atoms with E-state index >= 15 is 0 Å². The fourth-order valence-electron chi connectivity index (χ4n) is 2.32. The first-order chi connectivity index (χ1) is 11.6. The fraction of sp³-hybridized carbons (Fsp3) is 0.200. The summed E-state index contributed by atoms with van der Waals surface area (Å²) in [7, 11) is -7.12. The lowest BCUT2D eigenvalue weighted by Crippen LogP contribution is -2.31. The van der Waals surface area contributed by atoms with E-state index in [4.69, 9.17) is 4.42 Å². The predicted molar refractivity (Wildman–Crippen MR) is 89.2 cm³/mol. The molecule has 8 nitrogen and oxygen atoms in total. The molecule has 0 fully saturated rings. The van der Waals surface area contributed by atoms with Crippen LogP contribution in [-0.4, -0.2) is 33.8 Å². The van der Waals surface area contributed by atoms with Crippen LogP contribution in [0.2, 0.25) is 0 Å². The summed E-state index contributed by atoms with van der Waals surface area (Å²) in [6.45, 7) is 1.46. The van der Waals surface area contributed by atoms with Crippen molar-refractivity contribution < 1.29 is 26.0 Å². The van der Waals surface area contributed by atoms with Crippen molar-refractivity contribution in [3.8, 4) is 11.6 Å². The Morgan fingerprint density at radius 1 is 1.20 bits per heavy atom. The van der Waals surface area contributed by atoms with Gasteiger partial charge in [0.25, 0.3) is 11.6 Å². The van der Waals surface area contributed by atoms with Crippen molar-refractivity contribution in [1.82, 2.24) is 4.98 Å². The van der Waals surface area contributed by atoms with Gasteiger partial charge in [0.15, 0.2) is 31.5 Å². The number of pyridine rings is 1. The van der Waals surface area contributed by atoms with Gasteiger partial charge in [-0.25, -0.2) is 21.8 Å². The molecule has 2 heterocycles. The summed E-state index contributed by atoms with van der Waals surface area (Å²) in [5.74, 6) is -0.383. The van der Waals surface area contributed by atoms with Crippen molar-refractivity contribution in [3.05, 3.63) is 41.7 Å². The van der Waals surface area contributed by atoms with Crippen LogP contribution in [0.4, 0.5) is 0 Å². The number of sulfone groups is 2. The highest BCUT2D eigenvalue weighted by atomic mass is 32.2. The lowest BCUT2D eigenvalue weighted by molar-refractivity contribution is -0.596. The summed E-state index contributed by atoms with van der Waals surface area (Å²) in [6, 6.07) is 6.70. The topological polar surface area (TPSA) is 121 Å². The molecule has 0 unspecified atom stereocenters. The Hall–Kier alpha value is -2.46. The molecule has 0 spiro atoms. The van der Waals surface area contributed by atoms with Crippen molar-refractivity contribution in [1.29, 1.82) is 0 Å². The van der Waals surface area contributed by atoms with Gasteiger partial charge >= 0.3 is 0 Å². The molecule has 0 aliphatic rings. The average molecular weight is 382 g/mol. The molecule has 0 saturated heterocycles. The number of rotatable bonds is 4. The lowest BCUT2D eigenvalue weighted by Gasteiger charge is -2.06. The molecule has 25 heavy (non-hydrogen) atoms. The largest absolute Gasteiger partial charge is 0.618 e. The van der Waals surface area contributed by atoms with Crippen LogP contribution in [0.15, 0.2) is 50.7 Å². The Balaban J connectivity index is 2.28. The molecule has 0 saturated carbocycles. The van der Waals surface area contributed by atoms with Gasteiger partial charge in [-0.3, -0.25) is 0 Å². The van der Waals surface area contributed by atoms with Crippen molar-refractivity contribution >= 4 is 30.8 Å². The summed E-state index contributed by atoms with van der Waals surface area (Å²) in [4.78, 5) is 3.96. The predicted octanol–water partition coefficient (Wildman–Crippen LogP) is 1.33. The number of hydrogen-bond acceptors (Lipinski definition) is 7. The van der Waals surface area contributed by atoms with Crippen LogP contribution in [0.3, 0.4) is 0 Å². The van der Waals surface area contributed by atoms with Gasteiger partial charge in [0.2, 0.25) is 0 Å². The van der Waals surface area contributed by atoms with Crippen LogP contribution in [0, 0.1) is 5.21 Å². The SMILES string of the molecule is CCS(=O)(=O)c1ccc[n+]([O-])c1-c1nc2cc(S(C)(=O)=O)ccc2o1. The Morgan fingerprint density at radius 2 is 1.92 bits per heavy atom. The first-order valence-corrected chi connectivity index (χ1v) is 10.7. The standard InChI is InChI=1S/C15H14N2O6S2/c1-3-25(21,22)13-5-4-8-17(18)14(13)15-16-11-9-10(24(2,19)20)6-7-12(11)23-15/h4-9H,3H2,1-2H3. The van der Waals surface area contributed by atoms with Crippen molar-refractivity contribution in [2.75, 3.05) is 12.0 Å². The zero-order valence-electron chi connectivity index (χ0n) is 13.3. The van der Waals surface area contributed by atoms with Gasteiger partial charge in [-0.05, 0) is 24.3 Å². The highest BCUT2D eigenvalue weighted by Gasteiger charge is 2.29. The Morgan fingerprint density at radius 3 is 2.56 bits per heavy atom. The van der Waals surface area contributed by atoms with E-state index in [0.717, 1.165) is 12.5 Å². The smallest absolute Gasteiger partial charge is 0.298 e. The normalized spacial score (nSPS) is 12.6. The van der Waals surface area contributed by atoms with Crippen molar-refractivity contribution in [2.24, 2.45) is 0 Å². The maximum Gasteiger partial charge on any atom is 0.298 e. The molecule has 0 atom stereocenters. The number of nitrogens with zero attached hydrogens (tertiary/aromatic N) is 2. The third kappa shape index (κ3) is 3.10. The molecule has 0 amide bonds. The van der Waals surface area contributed by atoms with Gasteiger partial charge in [-0.2, -0.15) is 4.73 Å². The zero-order valence-corrected chi connectivity index (χ0v) is 15.0. The van der Waals surface area contributed by atoms with E-state index in [1.165, 1.54) is 37.3 Å². The molecule has 0 radical (unpaired) electrons. The Kier molecular flexibility index (Phi) is 4.04. The fourth-order valence-corrected chi connectivity index (χ4v) is 4.03. The van der Waals surface area contributed by atoms with Crippen LogP contribution >= 0.6 is 0 Å². The van der Waals surface area contributed by atoms with E-state index in [1.54, 1.807) is 0 Å². The Labute approximate surface area is 144 Å². The minimum absolute atomic E-state index is 0.0457. The molecule has 0 aliphatic carbocycles. The van der Waals surface area contributed by atoms with Crippen molar-refractivity contribution in [2.45, 2.75) is 16.7 Å². The van der Waals surface area contributed by atoms with Crippen LogP contribution in [0.5, 0.6) is 0 Å². The molecule has 0 aliphatic heterocycles. The van der Waals surface area contributed by atoms with Gasteiger partial charge < -0.3 is 9.62 Å². The monoisotopic (exact) mass is 382 g/mol. The summed E-state index contributed by atoms with van der Waals surface area (Å²) in [5.41, 5.74) is 0.217. The minimum Gasteiger partial charge on any atom is -0.618 e. The van der Waals surface area contributed by atoms with Crippen LogP contribution in [0.1, 0.15) is 6.92 Å². The van der Waals surface area contributed by atoms with E-state index in [1.807, 2.05) is 0 Å². The molecule has 0 N–H and O–H groups in total. The molecule has 1 aromatic carbocycles. The summed E-state index contributed by atoms with van der Waals surface area (Å²) in [6.07, 6.45) is 2.20. The number of aromatic nitrogens is 2. The van der Waals surface area contributed by atoms with E-state index < -0.39 is 19.7 Å². The van der Waals surface area contributed by atoms with E-state index in [9.17, 15) is 22.0 Å². The van der Waals surface area contributed by atoms with Crippen molar-refractivity contribution in [3.63, 3.8) is 0 Å². The first kappa shape index (κ1) is 17.4. The number of fused-ring (bicyclic) bond motifs is 1. The highest BCUT2D eigenvalue weighted by Crippen LogP contribution is 2.28. The Bertz CT molecular complexity index is 1180. The summed E-state index contributed by atoms with van der Waals surface area (Å²) >= 11 is 0. The first-order valence-electron chi connectivity index (χ1n) is 7.19. The van der Waals surface area contributed by atoms with Gasteiger partial charge in [0.05, 0.1) is 10.6 Å². The van der Waals surface area contributed by atoms with E-state index in [-0.39, 0.29) is 38.2 Å². The molecular formula is C15H14N2O6S2. The van der Waals surface area contributed by atoms with Gasteiger partial charge in [-0.15, -0.1) is 0 Å².